The standard InChI is InChI=1S/C14H20O.C2H6/c1-10-8-11(2)14(15)13(9-10)12-6-4-3-5-7-12;1-2/h8-9,12,15H,3-7H2,1-2H3;1-2H3. The molecule has 1 fully saturated rings. The fourth-order valence-corrected chi connectivity index (χ4v) is 2.72. The summed E-state index contributed by atoms with van der Waals surface area (Å²) in [5, 5.41) is 10.1. The molecule has 0 radical (unpaired) electrons. The Morgan fingerprint density at radius 3 is 2.18 bits per heavy atom. The van der Waals surface area contributed by atoms with Crippen molar-refractivity contribution in [3.05, 3.63) is 28.8 Å². The van der Waals surface area contributed by atoms with Gasteiger partial charge in [-0.25, -0.2) is 0 Å². The van der Waals surface area contributed by atoms with E-state index >= 15 is 0 Å². The molecule has 0 unspecified atom stereocenters. The Hall–Kier alpha value is -0.980. The average molecular weight is 234 g/mol. The Morgan fingerprint density at radius 2 is 1.59 bits per heavy atom. The summed E-state index contributed by atoms with van der Waals surface area (Å²) in [5.41, 5.74) is 3.48. The van der Waals surface area contributed by atoms with Crippen LogP contribution in [0.5, 0.6) is 5.75 Å². The van der Waals surface area contributed by atoms with E-state index in [9.17, 15) is 5.11 Å². The second kappa shape index (κ2) is 6.68. The summed E-state index contributed by atoms with van der Waals surface area (Å²) < 4.78 is 0. The summed E-state index contributed by atoms with van der Waals surface area (Å²) in [6, 6.07) is 4.22. The van der Waals surface area contributed by atoms with Gasteiger partial charge in [0.25, 0.3) is 0 Å². The molecule has 1 nitrogen and oxygen atoms in total. The zero-order chi connectivity index (χ0) is 12.8. The van der Waals surface area contributed by atoms with Crippen LogP contribution in [0.3, 0.4) is 0 Å². The van der Waals surface area contributed by atoms with Crippen LogP contribution in [-0.2, 0) is 0 Å². The largest absolute Gasteiger partial charge is 0.507 e. The number of aromatic hydroxyl groups is 1. The number of aryl methyl sites for hydroxylation is 2. The maximum absolute atomic E-state index is 10.1. The van der Waals surface area contributed by atoms with Gasteiger partial charge < -0.3 is 5.11 Å². The van der Waals surface area contributed by atoms with Gasteiger partial charge in [-0.05, 0) is 43.7 Å². The van der Waals surface area contributed by atoms with Crippen molar-refractivity contribution in [3.63, 3.8) is 0 Å². The molecule has 0 bridgehead atoms. The first kappa shape index (κ1) is 14.1. The maximum atomic E-state index is 10.1. The SMILES string of the molecule is CC.Cc1cc(C)c(O)c(C2CCCCC2)c1. The smallest absolute Gasteiger partial charge is 0.121 e. The highest BCUT2D eigenvalue weighted by Gasteiger charge is 2.19. The van der Waals surface area contributed by atoms with Crippen molar-refractivity contribution in [2.24, 2.45) is 0 Å². The number of hydrogen-bond acceptors (Lipinski definition) is 1. The van der Waals surface area contributed by atoms with E-state index in [-0.39, 0.29) is 0 Å². The van der Waals surface area contributed by atoms with Crippen LogP contribution in [0, 0.1) is 13.8 Å². The van der Waals surface area contributed by atoms with Crippen molar-refractivity contribution in [1.82, 2.24) is 0 Å². The van der Waals surface area contributed by atoms with E-state index < -0.39 is 0 Å². The monoisotopic (exact) mass is 234 g/mol. The van der Waals surface area contributed by atoms with Gasteiger partial charge in [-0.2, -0.15) is 0 Å². The van der Waals surface area contributed by atoms with Crippen LogP contribution >= 0.6 is 0 Å². The molecule has 0 saturated heterocycles. The van der Waals surface area contributed by atoms with Crippen LogP contribution in [0.1, 0.15) is 68.6 Å². The third-order valence-electron chi connectivity index (χ3n) is 3.52. The average Bonchev–Trinajstić information content (AvgIpc) is 2.37. The summed E-state index contributed by atoms with van der Waals surface area (Å²) in [7, 11) is 0. The molecular formula is C16H26O. The van der Waals surface area contributed by atoms with E-state index in [1.54, 1.807) is 0 Å². The van der Waals surface area contributed by atoms with Gasteiger partial charge in [0.15, 0.2) is 0 Å². The quantitative estimate of drug-likeness (QED) is 0.718. The molecular weight excluding hydrogens is 208 g/mol. The number of benzene rings is 1. The highest BCUT2D eigenvalue weighted by molar-refractivity contribution is 5.44. The lowest BCUT2D eigenvalue weighted by molar-refractivity contribution is 0.412. The first-order valence-corrected chi connectivity index (χ1v) is 6.98. The minimum Gasteiger partial charge on any atom is -0.507 e. The van der Waals surface area contributed by atoms with Crippen molar-refractivity contribution in [3.8, 4) is 5.75 Å². The van der Waals surface area contributed by atoms with Gasteiger partial charge in [-0.3, -0.25) is 0 Å². The first-order valence-electron chi connectivity index (χ1n) is 6.98. The van der Waals surface area contributed by atoms with E-state index in [0.29, 0.717) is 11.7 Å². The van der Waals surface area contributed by atoms with Crippen LogP contribution in [0.15, 0.2) is 12.1 Å². The molecule has 2 rings (SSSR count). The predicted molar refractivity (Wildman–Crippen MR) is 74.8 cm³/mol. The molecule has 0 aromatic heterocycles. The normalized spacial score (nSPS) is 16.2. The van der Waals surface area contributed by atoms with E-state index in [1.807, 2.05) is 20.8 Å². The van der Waals surface area contributed by atoms with Crippen LogP contribution < -0.4 is 0 Å². The number of phenolic OH excluding ortho intramolecular Hbond substituents is 1. The minimum atomic E-state index is 0.535. The van der Waals surface area contributed by atoms with E-state index in [2.05, 4.69) is 19.1 Å². The first-order chi connectivity index (χ1) is 8.18. The summed E-state index contributed by atoms with van der Waals surface area (Å²) >= 11 is 0. The molecule has 0 spiro atoms. The number of hydrogen-bond donors (Lipinski definition) is 1. The Kier molecular flexibility index (Phi) is 5.54. The Bertz CT molecular complexity index is 349. The van der Waals surface area contributed by atoms with Crippen LogP contribution in [-0.4, -0.2) is 5.11 Å². The van der Waals surface area contributed by atoms with Crippen molar-refractivity contribution in [2.45, 2.75) is 65.7 Å². The third-order valence-corrected chi connectivity index (χ3v) is 3.52. The van der Waals surface area contributed by atoms with Gasteiger partial charge in [-0.1, -0.05) is 50.8 Å². The van der Waals surface area contributed by atoms with Gasteiger partial charge in [0, 0.05) is 0 Å². The zero-order valence-electron chi connectivity index (χ0n) is 11.7. The van der Waals surface area contributed by atoms with Gasteiger partial charge in [0.2, 0.25) is 0 Å². The molecule has 1 heteroatoms. The molecule has 1 N–H and O–H groups in total. The Morgan fingerprint density at radius 1 is 1.00 bits per heavy atom. The molecule has 96 valence electrons. The molecule has 1 aromatic carbocycles. The van der Waals surface area contributed by atoms with Gasteiger partial charge >= 0.3 is 0 Å². The topological polar surface area (TPSA) is 20.2 Å². The molecule has 0 aliphatic heterocycles. The Balaban J connectivity index is 0.000000686. The summed E-state index contributed by atoms with van der Waals surface area (Å²) in [4.78, 5) is 0. The van der Waals surface area contributed by atoms with Crippen LogP contribution in [0.2, 0.25) is 0 Å². The predicted octanol–water partition coefficient (Wildman–Crippen LogP) is 5.08. The van der Waals surface area contributed by atoms with Crippen molar-refractivity contribution < 1.29 is 5.11 Å². The lowest BCUT2D eigenvalue weighted by Gasteiger charge is -2.23. The van der Waals surface area contributed by atoms with Crippen LogP contribution in [0.25, 0.3) is 0 Å². The second-order valence-corrected chi connectivity index (χ2v) is 4.85. The zero-order valence-corrected chi connectivity index (χ0v) is 11.7. The van der Waals surface area contributed by atoms with E-state index in [1.165, 1.54) is 43.2 Å². The van der Waals surface area contributed by atoms with Gasteiger partial charge in [-0.15, -0.1) is 0 Å². The highest BCUT2D eigenvalue weighted by atomic mass is 16.3. The van der Waals surface area contributed by atoms with Gasteiger partial charge in [0.05, 0.1) is 0 Å². The van der Waals surface area contributed by atoms with Crippen molar-refractivity contribution in [2.75, 3.05) is 0 Å². The molecule has 1 aliphatic carbocycles. The third kappa shape index (κ3) is 3.49. The van der Waals surface area contributed by atoms with Crippen LogP contribution in [0.4, 0.5) is 0 Å². The van der Waals surface area contributed by atoms with Crippen molar-refractivity contribution in [1.29, 1.82) is 0 Å². The van der Waals surface area contributed by atoms with Gasteiger partial charge in [0.1, 0.15) is 5.75 Å². The summed E-state index contributed by atoms with van der Waals surface area (Å²) in [6.45, 7) is 8.10. The fraction of sp³-hybridized carbons (Fsp3) is 0.625. The number of rotatable bonds is 1. The van der Waals surface area contributed by atoms with E-state index in [0.717, 1.165) is 5.56 Å². The highest BCUT2D eigenvalue weighted by Crippen LogP contribution is 2.38. The fourth-order valence-electron chi connectivity index (χ4n) is 2.72. The molecule has 1 aliphatic rings. The lowest BCUT2D eigenvalue weighted by atomic mass is 9.82. The molecule has 1 aromatic rings. The molecule has 1 saturated carbocycles. The lowest BCUT2D eigenvalue weighted by Crippen LogP contribution is -2.05. The summed E-state index contributed by atoms with van der Waals surface area (Å²) in [6.07, 6.45) is 6.49. The van der Waals surface area contributed by atoms with Crippen molar-refractivity contribution >= 4 is 0 Å². The molecule has 0 amide bonds. The molecule has 0 atom stereocenters. The number of phenols is 1. The minimum absolute atomic E-state index is 0.535. The second-order valence-electron chi connectivity index (χ2n) is 4.85. The van der Waals surface area contributed by atoms with E-state index in [4.69, 9.17) is 0 Å². The summed E-state index contributed by atoms with van der Waals surface area (Å²) in [5.74, 6) is 1.13. The molecule has 17 heavy (non-hydrogen) atoms. The molecule has 0 heterocycles. The Labute approximate surface area is 106 Å². The maximum Gasteiger partial charge on any atom is 0.121 e.